The molecule has 0 spiro atoms. The molecule has 1 aromatic rings. The fourth-order valence-corrected chi connectivity index (χ4v) is 4.13. The lowest BCUT2D eigenvalue weighted by molar-refractivity contribution is -0.140. The summed E-state index contributed by atoms with van der Waals surface area (Å²) in [5.41, 5.74) is 1.01. The van der Waals surface area contributed by atoms with Crippen molar-refractivity contribution in [3.63, 3.8) is 0 Å². The molecule has 0 radical (unpaired) electrons. The molecule has 3 rings (SSSR count). The van der Waals surface area contributed by atoms with Gasteiger partial charge >= 0.3 is 0 Å². The summed E-state index contributed by atoms with van der Waals surface area (Å²) < 4.78 is 10.9. The summed E-state index contributed by atoms with van der Waals surface area (Å²) in [5.74, 6) is 1.87. The largest absolute Gasteiger partial charge is 0.497 e. The zero-order valence-electron chi connectivity index (χ0n) is 15.9. The van der Waals surface area contributed by atoms with E-state index in [2.05, 4.69) is 0 Å². The van der Waals surface area contributed by atoms with Crippen molar-refractivity contribution in [3.05, 3.63) is 23.8 Å². The van der Waals surface area contributed by atoms with Crippen molar-refractivity contribution >= 4 is 11.8 Å². The molecule has 0 bridgehead atoms. The zero-order chi connectivity index (χ0) is 18.7. The van der Waals surface area contributed by atoms with Crippen LogP contribution in [0.25, 0.3) is 0 Å². The van der Waals surface area contributed by atoms with Crippen LogP contribution in [0.3, 0.4) is 0 Å². The molecule has 0 saturated carbocycles. The molecule has 0 unspecified atom stereocenters. The molecule has 2 fully saturated rings. The van der Waals surface area contributed by atoms with Gasteiger partial charge in [0.2, 0.25) is 11.8 Å². The summed E-state index contributed by atoms with van der Waals surface area (Å²) >= 11 is 0. The highest BCUT2D eigenvalue weighted by atomic mass is 16.5. The summed E-state index contributed by atoms with van der Waals surface area (Å²) in [5, 5.41) is 0. The smallest absolute Gasteiger partial charge is 0.226 e. The number of carbonyl (C=O) groups is 2. The molecule has 0 N–H and O–H groups in total. The Hall–Kier alpha value is -2.24. The van der Waals surface area contributed by atoms with E-state index in [1.165, 1.54) is 0 Å². The summed E-state index contributed by atoms with van der Waals surface area (Å²) in [6, 6.07) is 5.79. The van der Waals surface area contributed by atoms with Crippen molar-refractivity contribution in [2.75, 3.05) is 33.9 Å². The molecule has 2 heterocycles. The van der Waals surface area contributed by atoms with E-state index in [9.17, 15) is 9.59 Å². The predicted octanol–water partition coefficient (Wildman–Crippen LogP) is 2.63. The molecule has 2 aliphatic rings. The van der Waals surface area contributed by atoms with E-state index in [0.29, 0.717) is 13.1 Å². The lowest BCUT2D eigenvalue weighted by Crippen LogP contribution is -2.43. The zero-order valence-corrected chi connectivity index (χ0v) is 15.9. The molecular weight excluding hydrogens is 332 g/mol. The highest BCUT2D eigenvalue weighted by Gasteiger charge is 2.36. The number of likely N-dealkylation sites (tertiary alicyclic amines) is 2. The molecular formula is C20H28N2O4. The third-order valence-electron chi connectivity index (χ3n) is 5.62. The van der Waals surface area contributed by atoms with Gasteiger partial charge in [-0.05, 0) is 43.9 Å². The Kier molecular flexibility index (Phi) is 5.69. The van der Waals surface area contributed by atoms with Crippen molar-refractivity contribution in [1.29, 1.82) is 0 Å². The molecule has 0 aromatic heterocycles. The van der Waals surface area contributed by atoms with Gasteiger partial charge in [0, 0.05) is 38.0 Å². The van der Waals surface area contributed by atoms with Crippen LogP contribution in [0.4, 0.5) is 0 Å². The predicted molar refractivity (Wildman–Crippen MR) is 98.2 cm³/mol. The summed E-state index contributed by atoms with van der Waals surface area (Å²) in [4.78, 5) is 28.5. The normalized spacial score (nSPS) is 21.0. The van der Waals surface area contributed by atoms with Crippen LogP contribution >= 0.6 is 0 Å². The number of nitrogens with zero attached hydrogens (tertiary/aromatic N) is 2. The first-order valence-electron chi connectivity index (χ1n) is 9.33. The molecule has 26 heavy (non-hydrogen) atoms. The Balaban J connectivity index is 1.76. The number of piperidine rings is 1. The fourth-order valence-electron chi connectivity index (χ4n) is 4.13. The third-order valence-corrected chi connectivity index (χ3v) is 5.62. The van der Waals surface area contributed by atoms with Gasteiger partial charge in [-0.15, -0.1) is 0 Å². The second-order valence-corrected chi connectivity index (χ2v) is 7.08. The summed E-state index contributed by atoms with van der Waals surface area (Å²) in [7, 11) is 3.30. The average Bonchev–Trinajstić information content (AvgIpc) is 3.16. The third kappa shape index (κ3) is 3.64. The van der Waals surface area contributed by atoms with Gasteiger partial charge < -0.3 is 19.3 Å². The number of rotatable bonds is 4. The maximum Gasteiger partial charge on any atom is 0.226 e. The summed E-state index contributed by atoms with van der Waals surface area (Å²) in [6.45, 7) is 3.71. The minimum atomic E-state index is 0.00260. The Labute approximate surface area is 155 Å². The van der Waals surface area contributed by atoms with Gasteiger partial charge in [-0.1, -0.05) is 0 Å². The Bertz CT molecular complexity index is 668. The van der Waals surface area contributed by atoms with Crippen LogP contribution in [0.5, 0.6) is 11.5 Å². The highest BCUT2D eigenvalue weighted by Crippen LogP contribution is 2.40. The van der Waals surface area contributed by atoms with E-state index in [1.54, 1.807) is 21.1 Å². The lowest BCUT2D eigenvalue weighted by Gasteiger charge is -2.35. The van der Waals surface area contributed by atoms with Crippen LogP contribution in [0.2, 0.25) is 0 Å². The molecule has 2 saturated heterocycles. The van der Waals surface area contributed by atoms with Crippen LogP contribution in [-0.2, 0) is 9.59 Å². The minimum Gasteiger partial charge on any atom is -0.497 e. The van der Waals surface area contributed by atoms with Crippen molar-refractivity contribution in [2.24, 2.45) is 5.92 Å². The number of amides is 2. The molecule has 142 valence electrons. The first-order chi connectivity index (χ1) is 12.5. The number of carbonyl (C=O) groups excluding carboxylic acids is 2. The Morgan fingerprint density at radius 1 is 1.04 bits per heavy atom. The van der Waals surface area contributed by atoms with Gasteiger partial charge in [-0.25, -0.2) is 0 Å². The number of hydrogen-bond acceptors (Lipinski definition) is 4. The second-order valence-electron chi connectivity index (χ2n) is 7.08. The number of methoxy groups -OCH3 is 2. The fraction of sp³-hybridized carbons (Fsp3) is 0.600. The van der Waals surface area contributed by atoms with Crippen LogP contribution in [0, 0.1) is 5.92 Å². The number of ether oxygens (including phenoxy) is 2. The van der Waals surface area contributed by atoms with E-state index in [1.807, 2.05) is 28.0 Å². The van der Waals surface area contributed by atoms with Gasteiger partial charge in [-0.3, -0.25) is 9.59 Å². The van der Waals surface area contributed by atoms with E-state index < -0.39 is 0 Å². The lowest BCUT2D eigenvalue weighted by atomic mass is 9.94. The van der Waals surface area contributed by atoms with Gasteiger partial charge in [0.05, 0.1) is 20.3 Å². The molecule has 6 heteroatoms. The van der Waals surface area contributed by atoms with Crippen molar-refractivity contribution in [3.8, 4) is 11.5 Å². The van der Waals surface area contributed by atoms with E-state index in [-0.39, 0.29) is 23.8 Å². The van der Waals surface area contributed by atoms with Gasteiger partial charge in [0.1, 0.15) is 11.5 Å². The van der Waals surface area contributed by atoms with Crippen molar-refractivity contribution in [2.45, 2.75) is 38.6 Å². The topological polar surface area (TPSA) is 59.1 Å². The SMILES string of the molecule is COc1ccc(OC)c([C@H]2CCCN2C(=O)C2CCN(C(C)=O)CC2)c1. The van der Waals surface area contributed by atoms with Crippen LogP contribution in [0.1, 0.15) is 44.2 Å². The second kappa shape index (κ2) is 7.98. The minimum absolute atomic E-state index is 0.00260. The van der Waals surface area contributed by atoms with Gasteiger partial charge in [-0.2, -0.15) is 0 Å². The quantitative estimate of drug-likeness (QED) is 0.828. The maximum atomic E-state index is 13.2. The van der Waals surface area contributed by atoms with Crippen molar-refractivity contribution < 1.29 is 19.1 Å². The first-order valence-corrected chi connectivity index (χ1v) is 9.33. The van der Waals surface area contributed by atoms with E-state index in [4.69, 9.17) is 9.47 Å². The van der Waals surface area contributed by atoms with E-state index in [0.717, 1.165) is 49.3 Å². The molecule has 6 nitrogen and oxygen atoms in total. The monoisotopic (exact) mass is 360 g/mol. The van der Waals surface area contributed by atoms with Crippen LogP contribution in [-0.4, -0.2) is 55.5 Å². The van der Waals surface area contributed by atoms with Crippen LogP contribution in [0.15, 0.2) is 18.2 Å². The maximum absolute atomic E-state index is 13.2. The molecule has 0 aliphatic carbocycles. The molecule has 1 atom stereocenters. The summed E-state index contributed by atoms with van der Waals surface area (Å²) in [6.07, 6.45) is 3.42. The highest BCUT2D eigenvalue weighted by molar-refractivity contribution is 5.80. The molecule has 2 amide bonds. The van der Waals surface area contributed by atoms with E-state index >= 15 is 0 Å². The Morgan fingerprint density at radius 3 is 2.38 bits per heavy atom. The Morgan fingerprint density at radius 2 is 1.77 bits per heavy atom. The van der Waals surface area contributed by atoms with Crippen LogP contribution < -0.4 is 9.47 Å². The number of benzene rings is 1. The first kappa shape index (κ1) is 18.5. The average molecular weight is 360 g/mol. The van der Waals surface area contributed by atoms with Gasteiger partial charge in [0.15, 0.2) is 0 Å². The number of hydrogen-bond donors (Lipinski definition) is 0. The molecule has 2 aliphatic heterocycles. The standard InChI is InChI=1S/C20H28N2O4/c1-14(23)21-11-8-15(9-12-21)20(24)22-10-4-5-18(22)17-13-16(25-2)6-7-19(17)26-3/h6-7,13,15,18H,4-5,8-12H2,1-3H3/t18-/m1/s1. The molecule has 1 aromatic carbocycles. The van der Waals surface area contributed by atoms with Crippen molar-refractivity contribution in [1.82, 2.24) is 9.80 Å². The van der Waals surface area contributed by atoms with Gasteiger partial charge in [0.25, 0.3) is 0 Å².